The van der Waals surface area contributed by atoms with Crippen molar-refractivity contribution in [2.45, 2.75) is 38.3 Å². The van der Waals surface area contributed by atoms with Crippen LogP contribution in [0.5, 0.6) is 0 Å². The molecule has 142 valence electrons. The monoisotopic (exact) mass is 359 g/mol. The first-order chi connectivity index (χ1) is 12.6. The van der Waals surface area contributed by atoms with Gasteiger partial charge < -0.3 is 10.4 Å². The van der Waals surface area contributed by atoms with E-state index >= 15 is 0 Å². The molecule has 26 heavy (non-hydrogen) atoms. The van der Waals surface area contributed by atoms with Crippen LogP contribution in [0, 0.1) is 5.92 Å². The van der Waals surface area contributed by atoms with E-state index in [-0.39, 0.29) is 17.9 Å². The van der Waals surface area contributed by atoms with E-state index in [2.05, 4.69) is 39.4 Å². The predicted molar refractivity (Wildman–Crippen MR) is 99.7 cm³/mol. The smallest absolute Gasteiger partial charge is 0.306 e. The Kier molecular flexibility index (Phi) is 6.63. The van der Waals surface area contributed by atoms with E-state index in [1.807, 2.05) is 6.07 Å². The molecule has 0 radical (unpaired) electrons. The molecule has 6 heteroatoms. The van der Waals surface area contributed by atoms with Crippen molar-refractivity contribution in [2.24, 2.45) is 5.92 Å². The molecular weight excluding hydrogens is 330 g/mol. The minimum absolute atomic E-state index is 0.0697. The number of hydrogen-bond acceptors (Lipinski definition) is 4. The summed E-state index contributed by atoms with van der Waals surface area (Å²) in [6.07, 6.45) is 2.87. The molecular formula is C20H29N3O3. The summed E-state index contributed by atoms with van der Waals surface area (Å²) in [5.41, 5.74) is 1.33. The van der Waals surface area contributed by atoms with Crippen LogP contribution in [0.3, 0.4) is 0 Å². The summed E-state index contributed by atoms with van der Waals surface area (Å²) in [7, 11) is 0. The summed E-state index contributed by atoms with van der Waals surface area (Å²) >= 11 is 0. The molecule has 0 unspecified atom stereocenters. The Morgan fingerprint density at radius 3 is 2.19 bits per heavy atom. The van der Waals surface area contributed by atoms with Crippen molar-refractivity contribution in [3.63, 3.8) is 0 Å². The zero-order chi connectivity index (χ0) is 18.4. The number of benzene rings is 1. The molecule has 0 atom stereocenters. The Balaban J connectivity index is 1.34. The van der Waals surface area contributed by atoms with Crippen molar-refractivity contribution in [3.8, 4) is 0 Å². The van der Waals surface area contributed by atoms with Crippen LogP contribution in [0.1, 0.15) is 31.2 Å². The van der Waals surface area contributed by atoms with Crippen LogP contribution in [0.15, 0.2) is 30.3 Å². The number of piperazine rings is 1. The molecule has 6 nitrogen and oxygen atoms in total. The van der Waals surface area contributed by atoms with Gasteiger partial charge in [-0.15, -0.1) is 0 Å². The summed E-state index contributed by atoms with van der Waals surface area (Å²) in [4.78, 5) is 27.9. The maximum absolute atomic E-state index is 12.3. The molecule has 3 rings (SSSR count). The van der Waals surface area contributed by atoms with Crippen LogP contribution in [-0.4, -0.2) is 65.5 Å². The highest BCUT2D eigenvalue weighted by atomic mass is 16.4. The highest BCUT2D eigenvalue weighted by molar-refractivity contribution is 5.78. The van der Waals surface area contributed by atoms with Crippen molar-refractivity contribution in [3.05, 3.63) is 35.9 Å². The SMILES string of the molecule is O=C(CN1CCN(Cc2ccccc2)CC1)NC1CCC(C(=O)O)CC1. The fourth-order valence-electron chi connectivity index (χ4n) is 3.91. The Labute approximate surface area is 155 Å². The van der Waals surface area contributed by atoms with Crippen molar-refractivity contribution in [1.29, 1.82) is 0 Å². The fourth-order valence-corrected chi connectivity index (χ4v) is 3.91. The molecule has 1 aromatic carbocycles. The van der Waals surface area contributed by atoms with Crippen molar-refractivity contribution >= 4 is 11.9 Å². The Morgan fingerprint density at radius 1 is 0.962 bits per heavy atom. The standard InChI is InChI=1S/C20H29N3O3/c24-19(21-18-8-6-17(7-9-18)20(25)26)15-23-12-10-22(11-13-23)14-16-4-2-1-3-5-16/h1-5,17-18H,6-15H2,(H,21,24)(H,25,26). The summed E-state index contributed by atoms with van der Waals surface area (Å²) in [6, 6.07) is 10.6. The van der Waals surface area contributed by atoms with Gasteiger partial charge in [-0.25, -0.2) is 0 Å². The number of carboxylic acid groups (broad SMARTS) is 1. The molecule has 1 saturated heterocycles. The minimum atomic E-state index is -0.705. The van der Waals surface area contributed by atoms with Gasteiger partial charge in [-0.05, 0) is 31.2 Å². The van der Waals surface area contributed by atoms with E-state index in [9.17, 15) is 9.59 Å². The second-order valence-corrected chi connectivity index (χ2v) is 7.49. The first kappa shape index (κ1) is 18.9. The average molecular weight is 359 g/mol. The quantitative estimate of drug-likeness (QED) is 0.807. The second-order valence-electron chi connectivity index (χ2n) is 7.49. The van der Waals surface area contributed by atoms with Gasteiger partial charge in [0.1, 0.15) is 0 Å². The number of carbonyl (C=O) groups is 2. The molecule has 2 aliphatic rings. The average Bonchev–Trinajstić information content (AvgIpc) is 2.64. The van der Waals surface area contributed by atoms with Crippen LogP contribution < -0.4 is 5.32 Å². The van der Waals surface area contributed by atoms with Crippen molar-refractivity contribution < 1.29 is 14.7 Å². The number of carboxylic acids is 1. The second kappa shape index (κ2) is 9.14. The molecule has 1 saturated carbocycles. The van der Waals surface area contributed by atoms with Gasteiger partial charge in [0.05, 0.1) is 12.5 Å². The lowest BCUT2D eigenvalue weighted by atomic mass is 9.86. The van der Waals surface area contributed by atoms with Gasteiger partial charge in [0.25, 0.3) is 0 Å². The van der Waals surface area contributed by atoms with Crippen LogP contribution in [-0.2, 0) is 16.1 Å². The first-order valence-electron chi connectivity index (χ1n) is 9.61. The van der Waals surface area contributed by atoms with Gasteiger partial charge in [0, 0.05) is 38.8 Å². The molecule has 2 fully saturated rings. The third-order valence-corrected chi connectivity index (χ3v) is 5.52. The zero-order valence-electron chi connectivity index (χ0n) is 15.3. The molecule has 0 aromatic heterocycles. The largest absolute Gasteiger partial charge is 0.481 e. The number of nitrogens with zero attached hydrogens (tertiary/aromatic N) is 2. The topological polar surface area (TPSA) is 72.9 Å². The number of carbonyl (C=O) groups excluding carboxylic acids is 1. The third kappa shape index (κ3) is 5.54. The maximum Gasteiger partial charge on any atom is 0.306 e. The highest BCUT2D eigenvalue weighted by Gasteiger charge is 2.27. The Morgan fingerprint density at radius 2 is 1.58 bits per heavy atom. The van der Waals surface area contributed by atoms with Crippen LogP contribution >= 0.6 is 0 Å². The molecule has 1 aliphatic heterocycles. The fraction of sp³-hybridized carbons (Fsp3) is 0.600. The summed E-state index contributed by atoms with van der Waals surface area (Å²) < 4.78 is 0. The Bertz CT molecular complexity index is 592. The molecule has 0 bridgehead atoms. The van der Waals surface area contributed by atoms with Gasteiger partial charge in [0.15, 0.2) is 0 Å². The molecule has 1 heterocycles. The van der Waals surface area contributed by atoms with Gasteiger partial charge in [0.2, 0.25) is 5.91 Å². The molecule has 1 aliphatic carbocycles. The van der Waals surface area contributed by atoms with Crippen LogP contribution in [0.25, 0.3) is 0 Å². The number of amides is 1. The lowest BCUT2D eigenvalue weighted by Gasteiger charge is -2.35. The number of rotatable bonds is 6. The normalized spacial score (nSPS) is 24.9. The summed E-state index contributed by atoms with van der Waals surface area (Å²) in [6.45, 7) is 5.18. The van der Waals surface area contributed by atoms with Gasteiger partial charge in [-0.3, -0.25) is 19.4 Å². The predicted octanol–water partition coefficient (Wildman–Crippen LogP) is 1.56. The van der Waals surface area contributed by atoms with E-state index in [1.54, 1.807) is 0 Å². The lowest BCUT2D eigenvalue weighted by molar-refractivity contribution is -0.142. The van der Waals surface area contributed by atoms with Crippen LogP contribution in [0.4, 0.5) is 0 Å². The van der Waals surface area contributed by atoms with Crippen molar-refractivity contribution in [1.82, 2.24) is 15.1 Å². The minimum Gasteiger partial charge on any atom is -0.481 e. The first-order valence-corrected chi connectivity index (χ1v) is 9.61. The molecule has 2 N–H and O–H groups in total. The third-order valence-electron chi connectivity index (χ3n) is 5.52. The number of nitrogens with one attached hydrogen (secondary N) is 1. The van der Waals surface area contributed by atoms with Gasteiger partial charge in [-0.1, -0.05) is 30.3 Å². The van der Waals surface area contributed by atoms with Crippen molar-refractivity contribution in [2.75, 3.05) is 32.7 Å². The number of aliphatic carboxylic acids is 1. The molecule has 1 aromatic rings. The van der Waals surface area contributed by atoms with E-state index in [0.29, 0.717) is 19.4 Å². The van der Waals surface area contributed by atoms with E-state index in [0.717, 1.165) is 45.6 Å². The summed E-state index contributed by atoms with van der Waals surface area (Å²) in [5.74, 6) is -0.871. The van der Waals surface area contributed by atoms with Gasteiger partial charge >= 0.3 is 5.97 Å². The highest BCUT2D eigenvalue weighted by Crippen LogP contribution is 2.24. The molecule has 1 amide bonds. The Hall–Kier alpha value is -1.92. The zero-order valence-corrected chi connectivity index (χ0v) is 15.3. The van der Waals surface area contributed by atoms with Gasteiger partial charge in [-0.2, -0.15) is 0 Å². The molecule has 0 spiro atoms. The lowest BCUT2D eigenvalue weighted by Crippen LogP contribution is -2.50. The van der Waals surface area contributed by atoms with E-state index in [1.165, 1.54) is 5.56 Å². The van der Waals surface area contributed by atoms with E-state index < -0.39 is 5.97 Å². The van der Waals surface area contributed by atoms with Crippen LogP contribution in [0.2, 0.25) is 0 Å². The maximum atomic E-state index is 12.3. The number of hydrogen-bond donors (Lipinski definition) is 2. The summed E-state index contributed by atoms with van der Waals surface area (Å²) in [5, 5.41) is 12.1. The van der Waals surface area contributed by atoms with E-state index in [4.69, 9.17) is 5.11 Å².